The van der Waals surface area contributed by atoms with E-state index >= 15 is 0 Å². The molecular weight excluding hydrogens is 1740 g/mol. The van der Waals surface area contributed by atoms with E-state index in [1.54, 1.807) is 0 Å². The van der Waals surface area contributed by atoms with Gasteiger partial charge in [0.25, 0.3) is 0 Å². The van der Waals surface area contributed by atoms with Crippen LogP contribution in [0.4, 0.5) is 34.1 Å². The van der Waals surface area contributed by atoms with Crippen LogP contribution >= 0.6 is 0 Å². The van der Waals surface area contributed by atoms with E-state index in [0.717, 1.165) is 50.8 Å². The van der Waals surface area contributed by atoms with Gasteiger partial charge in [-0.15, -0.1) is 0 Å². The zero-order valence-corrected chi connectivity index (χ0v) is 83.7. The first-order valence-corrected chi connectivity index (χ1v) is 50.7. The molecule has 0 spiro atoms. The number of rotatable bonds is 12. The molecule has 26 rings (SSSR count). The minimum Gasteiger partial charge on any atom is -0.310 e. The van der Waals surface area contributed by atoms with Crippen molar-refractivity contribution in [2.45, 2.75) is 116 Å². The molecule has 1 heterocycles. The van der Waals surface area contributed by atoms with Gasteiger partial charge in [-0.05, 0) is 299 Å². The summed E-state index contributed by atoms with van der Waals surface area (Å²) in [5.41, 5.74) is 33.6. The Kier molecular flexibility index (Phi) is 22.0. The molecule has 0 bridgehead atoms. The molecule has 0 amide bonds. The van der Waals surface area contributed by atoms with Crippen LogP contribution in [-0.4, -0.2) is 15.0 Å². The van der Waals surface area contributed by atoms with E-state index in [-0.39, 0.29) is 32.5 Å². The number of aromatic nitrogens is 3. The van der Waals surface area contributed by atoms with Crippen LogP contribution in [0.25, 0.3) is 176 Å². The van der Waals surface area contributed by atoms with Crippen LogP contribution in [0.1, 0.15) is 116 Å². The number of nitrogens with zero attached hydrogens (tertiary/aromatic N) is 5. The minimum atomic E-state index is -0.0335. The van der Waals surface area contributed by atoms with Gasteiger partial charge in [-0.2, -0.15) is 0 Å². The highest BCUT2D eigenvalue weighted by Crippen LogP contribution is 2.60. The predicted molar refractivity (Wildman–Crippen MR) is 612 cm³/mol. The molecular formula is C139H113N5. The number of benzene rings is 22. The summed E-state index contributed by atoms with van der Waals surface area (Å²) in [7, 11) is 0. The van der Waals surface area contributed by atoms with E-state index in [1.165, 1.54) is 176 Å². The monoisotopic (exact) mass is 1850 g/mol. The number of fused-ring (bicyclic) bond motifs is 21. The van der Waals surface area contributed by atoms with Gasteiger partial charge in [0.15, 0.2) is 17.5 Å². The summed E-state index contributed by atoms with van der Waals surface area (Å²) in [6.45, 7) is 28.8. The molecule has 0 saturated heterocycles. The molecule has 0 N–H and O–H groups in total. The van der Waals surface area contributed by atoms with Crippen molar-refractivity contribution in [2.75, 3.05) is 9.80 Å². The fourth-order valence-corrected chi connectivity index (χ4v) is 23.4. The third kappa shape index (κ3) is 15.2. The Morgan fingerprint density at radius 3 is 0.882 bits per heavy atom. The van der Waals surface area contributed by atoms with Crippen molar-refractivity contribution in [3.63, 3.8) is 0 Å². The van der Waals surface area contributed by atoms with Crippen molar-refractivity contribution in [1.82, 2.24) is 15.0 Å². The van der Waals surface area contributed by atoms with E-state index in [1.807, 2.05) is 60.7 Å². The van der Waals surface area contributed by atoms with Crippen molar-refractivity contribution < 1.29 is 0 Å². The summed E-state index contributed by atoms with van der Waals surface area (Å²) in [6, 6.07) is 170. The normalized spacial score (nSPS) is 14.4. The van der Waals surface area contributed by atoms with Crippen molar-refractivity contribution >= 4 is 110 Å². The summed E-state index contributed by atoms with van der Waals surface area (Å²) in [5.74, 6) is 2.01. The largest absolute Gasteiger partial charge is 0.310 e. The smallest absolute Gasteiger partial charge is 0.164 e. The van der Waals surface area contributed by atoms with E-state index < -0.39 is 0 Å². The average Bonchev–Trinajstić information content (AvgIpc) is 0.708. The lowest BCUT2D eigenvalue weighted by molar-refractivity contribution is 0.299. The number of hydrogen-bond donors (Lipinski definition) is 0. The standard InChI is InChI=1S/C50H41N.C48H39N.C41H33N3/c1-49(2)47-18-12-11-17-44(47)46-33-45-39(32-48(46)50(49,3)4)20-19-38-31-42(29-30-43(38)45)51(40-25-21-36(22-26-40)34-13-7-5-8-14-34)41-27-23-37(24-28-41)35-15-9-6-10-16-35;1-47(2)44-17-11-10-16-42(44)46-41-27-22-35-21-26-39(31-43(35)40(41)28-29-45(46)48(47,3)4)49(38-25-20-33-14-8-9-15-36(33)30-38)37-23-18-34(19-24-37)32-12-6-5-7-13-32;1-40(2)34-18-12-11-17-32(34)36-31-22-21-26-19-20-29(25-33(26)30(31)23-24-35(36)41(40,3)4)39-43-37(27-13-7-5-8-14-27)42-38(44-39)28-15-9-6-10-16-28/h5-33H,1-4H3;5-31H,1-4H3;5-25H,1-4H3. The predicted octanol–water partition coefficient (Wildman–Crippen LogP) is 38.0. The fraction of sp³-hybridized carbons (Fsp3) is 0.129. The van der Waals surface area contributed by atoms with Gasteiger partial charge in [0, 0.05) is 50.8 Å². The highest BCUT2D eigenvalue weighted by atomic mass is 15.1. The number of hydrogen-bond acceptors (Lipinski definition) is 5. The zero-order chi connectivity index (χ0) is 98.1. The molecule has 0 fully saturated rings. The Bertz CT molecular complexity index is 8810. The molecule has 0 saturated carbocycles. The topological polar surface area (TPSA) is 45.2 Å². The Hall–Kier alpha value is -16.7. The van der Waals surface area contributed by atoms with Crippen LogP contribution in [0.5, 0.6) is 0 Å². The van der Waals surface area contributed by atoms with Gasteiger partial charge >= 0.3 is 0 Å². The summed E-state index contributed by atoms with van der Waals surface area (Å²) in [5, 5.41) is 17.6. The summed E-state index contributed by atoms with van der Waals surface area (Å²) >= 11 is 0. The van der Waals surface area contributed by atoms with Crippen molar-refractivity contribution in [2.24, 2.45) is 0 Å². The van der Waals surface area contributed by atoms with E-state index in [0.29, 0.717) is 17.5 Å². The maximum atomic E-state index is 5.00. The first-order valence-electron chi connectivity index (χ1n) is 50.7. The molecule has 0 unspecified atom stereocenters. The summed E-state index contributed by atoms with van der Waals surface area (Å²) in [4.78, 5) is 19.7. The second-order valence-corrected chi connectivity index (χ2v) is 42.6. The second-order valence-electron chi connectivity index (χ2n) is 42.6. The molecule has 1 aromatic heterocycles. The van der Waals surface area contributed by atoms with Crippen molar-refractivity contribution in [3.05, 3.63) is 500 Å². The van der Waals surface area contributed by atoms with Crippen LogP contribution in [0.15, 0.2) is 467 Å². The van der Waals surface area contributed by atoms with Gasteiger partial charge in [0.1, 0.15) is 0 Å². The first-order chi connectivity index (χ1) is 69.9. The summed E-state index contributed by atoms with van der Waals surface area (Å²) < 4.78 is 0. The van der Waals surface area contributed by atoms with Crippen molar-refractivity contribution in [1.29, 1.82) is 0 Å². The van der Waals surface area contributed by atoms with Gasteiger partial charge in [-0.3, -0.25) is 0 Å². The Balaban J connectivity index is 0.000000117. The van der Waals surface area contributed by atoms with E-state index in [4.69, 9.17) is 15.0 Å². The van der Waals surface area contributed by atoms with Crippen molar-refractivity contribution in [3.8, 4) is 101 Å². The lowest BCUT2D eigenvalue weighted by atomic mass is 9.55. The van der Waals surface area contributed by atoms with E-state index in [2.05, 4.69) is 499 Å². The van der Waals surface area contributed by atoms with Gasteiger partial charge in [0.2, 0.25) is 0 Å². The molecule has 0 atom stereocenters. The molecule has 5 heteroatoms. The first kappa shape index (κ1) is 89.9. The fourth-order valence-electron chi connectivity index (χ4n) is 23.4. The summed E-state index contributed by atoms with van der Waals surface area (Å²) in [6.07, 6.45) is 0. The molecule has 144 heavy (non-hydrogen) atoms. The zero-order valence-electron chi connectivity index (χ0n) is 83.7. The molecule has 3 aliphatic rings. The average molecular weight is 1850 g/mol. The molecule has 3 aliphatic carbocycles. The highest BCUT2D eigenvalue weighted by molar-refractivity contribution is 6.17. The third-order valence-corrected chi connectivity index (χ3v) is 33.5. The van der Waals surface area contributed by atoms with Crippen LogP contribution in [0.3, 0.4) is 0 Å². The Labute approximate surface area is 845 Å². The lowest BCUT2D eigenvalue weighted by Gasteiger charge is -2.48. The maximum absolute atomic E-state index is 5.00. The highest BCUT2D eigenvalue weighted by Gasteiger charge is 2.49. The van der Waals surface area contributed by atoms with Gasteiger partial charge in [0.05, 0.1) is 0 Å². The molecule has 0 aliphatic heterocycles. The van der Waals surface area contributed by atoms with Gasteiger partial charge in [-0.1, -0.05) is 459 Å². The molecule has 23 aromatic rings. The van der Waals surface area contributed by atoms with E-state index in [9.17, 15) is 0 Å². The van der Waals surface area contributed by atoms with Gasteiger partial charge < -0.3 is 9.80 Å². The second kappa shape index (κ2) is 35.2. The van der Waals surface area contributed by atoms with Crippen LogP contribution in [-0.2, 0) is 32.5 Å². The maximum Gasteiger partial charge on any atom is 0.164 e. The van der Waals surface area contributed by atoms with Crippen LogP contribution in [0.2, 0.25) is 0 Å². The third-order valence-electron chi connectivity index (χ3n) is 33.5. The molecule has 22 aromatic carbocycles. The minimum absolute atomic E-state index is 0.000106. The lowest BCUT2D eigenvalue weighted by Crippen LogP contribution is -2.43. The molecule has 0 radical (unpaired) electrons. The molecule has 5 nitrogen and oxygen atoms in total. The van der Waals surface area contributed by atoms with Gasteiger partial charge in [-0.25, -0.2) is 15.0 Å². The van der Waals surface area contributed by atoms with Crippen LogP contribution in [0, 0.1) is 0 Å². The number of anilines is 6. The molecule has 694 valence electrons. The Morgan fingerprint density at radius 1 is 0.146 bits per heavy atom. The van der Waals surface area contributed by atoms with Crippen LogP contribution < -0.4 is 9.80 Å². The SMILES string of the molecule is CC1(C)c2ccccc2-c2c(ccc3c2ccc2ccc(-c4nc(-c5ccccc5)nc(-c5ccccc5)n4)cc23)C1(C)C.CC1(C)c2ccccc2-c2c(ccc3c2ccc2ccc(N(c4ccc(-c5ccccc5)cc4)c4ccc5ccccc5c4)cc23)C1(C)C.CC1(C)c2ccccc2-c2cc3c(ccc4cc(N(c5ccc(-c6ccccc6)cc5)c5ccc(-c6ccccc6)cc5)ccc43)cc2C1(C)C. The quantitative estimate of drug-likeness (QED) is 0.114. The Morgan fingerprint density at radius 2 is 0.424 bits per heavy atom.